The number of nitrogens with one attached hydrogen (secondary N) is 1. The molecule has 146 valence electrons. The number of anilines is 1. The van der Waals surface area contributed by atoms with Crippen LogP contribution in [0.3, 0.4) is 0 Å². The summed E-state index contributed by atoms with van der Waals surface area (Å²) in [5.41, 5.74) is 3.29. The third kappa shape index (κ3) is 4.72. The molecule has 1 unspecified atom stereocenters. The molecule has 2 amide bonds. The van der Waals surface area contributed by atoms with Gasteiger partial charge in [0.05, 0.1) is 11.8 Å². The Labute approximate surface area is 168 Å². The lowest BCUT2D eigenvalue weighted by molar-refractivity contribution is -0.132. The Bertz CT molecular complexity index is 953. The predicted octanol–water partition coefficient (Wildman–Crippen LogP) is 3.97. The number of fused-ring (bicyclic) bond motifs is 1. The number of carbonyl (C=O) groups is 2. The van der Waals surface area contributed by atoms with E-state index in [-0.39, 0.29) is 18.4 Å². The third-order valence-electron chi connectivity index (χ3n) is 4.33. The summed E-state index contributed by atoms with van der Waals surface area (Å²) in [6.07, 6.45) is 0.823. The van der Waals surface area contributed by atoms with Crippen LogP contribution in [0, 0.1) is 0 Å². The van der Waals surface area contributed by atoms with Crippen LogP contribution in [0.15, 0.2) is 58.2 Å². The Hall–Kier alpha value is -2.80. The van der Waals surface area contributed by atoms with Gasteiger partial charge >= 0.3 is 0 Å². The lowest BCUT2D eigenvalue weighted by atomic mass is 10.1. The first-order valence-corrected chi connectivity index (χ1v) is 10.0. The average molecular weight is 398 g/mol. The lowest BCUT2D eigenvalue weighted by Crippen LogP contribution is -2.39. The normalized spacial score (nSPS) is 12.0. The highest BCUT2D eigenvalue weighted by Gasteiger charge is 2.23. The van der Waals surface area contributed by atoms with Crippen LogP contribution < -0.4 is 5.32 Å². The van der Waals surface area contributed by atoms with Crippen LogP contribution in [0.2, 0.25) is 0 Å². The van der Waals surface area contributed by atoms with E-state index in [4.69, 9.17) is 4.42 Å². The molecule has 0 fully saturated rings. The SMILES string of the molecule is CCc1ccccc1NC(=O)CN(C)C(=O)C(C)Sc1nc2ccccc2o1. The standard InChI is InChI=1S/C21H23N3O3S/c1-4-15-9-5-6-10-16(15)22-19(25)13-24(3)20(26)14(2)28-21-23-17-11-7-8-12-18(17)27-21/h5-12,14H,4,13H2,1-3H3,(H,22,25). The minimum Gasteiger partial charge on any atom is -0.431 e. The van der Waals surface area contributed by atoms with E-state index < -0.39 is 5.25 Å². The van der Waals surface area contributed by atoms with E-state index in [1.54, 1.807) is 14.0 Å². The fourth-order valence-corrected chi connectivity index (χ4v) is 3.72. The summed E-state index contributed by atoms with van der Waals surface area (Å²) in [6, 6.07) is 15.1. The Morgan fingerprint density at radius 1 is 1.18 bits per heavy atom. The van der Waals surface area contributed by atoms with Crippen LogP contribution in [0.1, 0.15) is 19.4 Å². The van der Waals surface area contributed by atoms with E-state index in [0.717, 1.165) is 23.2 Å². The first-order chi connectivity index (χ1) is 13.5. The number of rotatable bonds is 7. The second-order valence-corrected chi connectivity index (χ2v) is 7.75. The minimum atomic E-state index is -0.422. The molecule has 1 heterocycles. The van der Waals surface area contributed by atoms with Crippen LogP contribution in [-0.4, -0.2) is 40.5 Å². The highest BCUT2D eigenvalue weighted by Crippen LogP contribution is 2.27. The molecule has 2 aromatic carbocycles. The van der Waals surface area contributed by atoms with Crippen molar-refractivity contribution in [1.82, 2.24) is 9.88 Å². The molecule has 7 heteroatoms. The third-order valence-corrected chi connectivity index (χ3v) is 5.26. The number of thioether (sulfide) groups is 1. The topological polar surface area (TPSA) is 75.4 Å². The molecular weight excluding hydrogens is 374 g/mol. The summed E-state index contributed by atoms with van der Waals surface area (Å²) in [6.45, 7) is 3.80. The highest BCUT2D eigenvalue weighted by atomic mass is 32.2. The monoisotopic (exact) mass is 397 g/mol. The van der Waals surface area contributed by atoms with Gasteiger partial charge in [-0.25, -0.2) is 4.98 Å². The smallest absolute Gasteiger partial charge is 0.257 e. The van der Waals surface area contributed by atoms with E-state index in [1.807, 2.05) is 55.5 Å². The molecule has 3 rings (SSSR count). The van der Waals surface area contributed by atoms with Gasteiger partial charge in [-0.05, 0) is 37.1 Å². The average Bonchev–Trinajstić information content (AvgIpc) is 3.09. The molecule has 0 aliphatic carbocycles. The Morgan fingerprint density at radius 3 is 2.64 bits per heavy atom. The zero-order chi connectivity index (χ0) is 20.1. The molecule has 1 N–H and O–H groups in total. The molecule has 0 spiro atoms. The van der Waals surface area contributed by atoms with Crippen molar-refractivity contribution in [2.24, 2.45) is 0 Å². The first kappa shape index (κ1) is 19.9. The van der Waals surface area contributed by atoms with E-state index in [2.05, 4.69) is 10.3 Å². The van der Waals surface area contributed by atoms with Crippen molar-refractivity contribution < 1.29 is 14.0 Å². The van der Waals surface area contributed by atoms with E-state index in [0.29, 0.717) is 10.8 Å². The number of oxazole rings is 1. The van der Waals surface area contributed by atoms with Crippen LogP contribution in [-0.2, 0) is 16.0 Å². The quantitative estimate of drug-likeness (QED) is 0.611. The maximum atomic E-state index is 12.6. The van der Waals surface area contributed by atoms with Crippen molar-refractivity contribution in [3.8, 4) is 0 Å². The van der Waals surface area contributed by atoms with Gasteiger partial charge in [0.25, 0.3) is 5.22 Å². The molecule has 1 aromatic heterocycles. The zero-order valence-electron chi connectivity index (χ0n) is 16.1. The second-order valence-electron chi connectivity index (χ2n) is 6.46. The van der Waals surface area contributed by atoms with Crippen LogP contribution >= 0.6 is 11.8 Å². The summed E-state index contributed by atoms with van der Waals surface area (Å²) in [5.74, 6) is -0.387. The molecule has 0 saturated heterocycles. The molecule has 0 aliphatic rings. The molecule has 1 atom stereocenters. The number of aryl methyl sites for hydroxylation is 1. The Morgan fingerprint density at radius 2 is 1.89 bits per heavy atom. The minimum absolute atomic E-state index is 0.0185. The summed E-state index contributed by atoms with van der Waals surface area (Å²) < 4.78 is 5.66. The van der Waals surface area contributed by atoms with Crippen LogP contribution in [0.25, 0.3) is 11.1 Å². The molecule has 6 nitrogen and oxygen atoms in total. The summed E-state index contributed by atoms with van der Waals surface area (Å²) >= 11 is 1.24. The van der Waals surface area contributed by atoms with Gasteiger partial charge in [-0.2, -0.15) is 0 Å². The van der Waals surface area contributed by atoms with Crippen LogP contribution in [0.5, 0.6) is 0 Å². The molecule has 0 radical (unpaired) electrons. The van der Waals surface area contributed by atoms with Crippen molar-refractivity contribution >= 4 is 40.4 Å². The second kappa shape index (κ2) is 8.93. The number of aromatic nitrogens is 1. The number of likely N-dealkylation sites (N-methyl/N-ethyl adjacent to an activating group) is 1. The fourth-order valence-electron chi connectivity index (χ4n) is 2.85. The van der Waals surface area contributed by atoms with Gasteiger partial charge in [-0.1, -0.05) is 49.0 Å². The van der Waals surface area contributed by atoms with E-state index >= 15 is 0 Å². The van der Waals surface area contributed by atoms with Crippen molar-refractivity contribution in [2.45, 2.75) is 30.7 Å². The zero-order valence-corrected chi connectivity index (χ0v) is 17.0. The predicted molar refractivity (Wildman–Crippen MR) is 111 cm³/mol. The van der Waals surface area contributed by atoms with Gasteiger partial charge in [0.2, 0.25) is 11.8 Å². The number of hydrogen-bond donors (Lipinski definition) is 1. The first-order valence-electron chi connectivity index (χ1n) is 9.13. The molecule has 28 heavy (non-hydrogen) atoms. The number of carbonyl (C=O) groups excluding carboxylic acids is 2. The van der Waals surface area contributed by atoms with Crippen molar-refractivity contribution in [2.75, 3.05) is 18.9 Å². The lowest BCUT2D eigenvalue weighted by Gasteiger charge is -2.20. The van der Waals surface area contributed by atoms with Crippen molar-refractivity contribution in [3.05, 3.63) is 54.1 Å². The van der Waals surface area contributed by atoms with Gasteiger partial charge in [0.15, 0.2) is 5.58 Å². The number of amides is 2. The summed E-state index contributed by atoms with van der Waals surface area (Å²) in [7, 11) is 1.62. The van der Waals surface area contributed by atoms with Crippen molar-refractivity contribution in [3.63, 3.8) is 0 Å². The van der Waals surface area contributed by atoms with Gasteiger partial charge in [-0.15, -0.1) is 0 Å². The Balaban J connectivity index is 1.57. The summed E-state index contributed by atoms with van der Waals surface area (Å²) in [4.78, 5) is 30.8. The molecule has 0 bridgehead atoms. The van der Waals surface area contributed by atoms with E-state index in [1.165, 1.54) is 16.7 Å². The van der Waals surface area contributed by atoms with Gasteiger partial charge in [0, 0.05) is 12.7 Å². The maximum absolute atomic E-state index is 12.6. The molecule has 0 saturated carbocycles. The van der Waals surface area contributed by atoms with Crippen LogP contribution in [0.4, 0.5) is 5.69 Å². The van der Waals surface area contributed by atoms with Gasteiger partial charge < -0.3 is 14.6 Å². The number of benzene rings is 2. The van der Waals surface area contributed by atoms with Crippen molar-refractivity contribution in [1.29, 1.82) is 0 Å². The van der Waals surface area contributed by atoms with E-state index in [9.17, 15) is 9.59 Å². The maximum Gasteiger partial charge on any atom is 0.257 e. The Kier molecular flexibility index (Phi) is 6.36. The van der Waals surface area contributed by atoms with Gasteiger partial charge in [0.1, 0.15) is 5.52 Å². The number of hydrogen-bond acceptors (Lipinski definition) is 5. The molecule has 0 aliphatic heterocycles. The van der Waals surface area contributed by atoms with Gasteiger partial charge in [-0.3, -0.25) is 9.59 Å². The summed E-state index contributed by atoms with van der Waals surface area (Å²) in [5, 5.41) is 2.90. The number of nitrogens with zero attached hydrogens (tertiary/aromatic N) is 2. The molecular formula is C21H23N3O3S. The highest BCUT2D eigenvalue weighted by molar-refractivity contribution is 8.00. The largest absolute Gasteiger partial charge is 0.431 e. The number of para-hydroxylation sites is 3. The molecule has 3 aromatic rings. The fraction of sp³-hybridized carbons (Fsp3) is 0.286.